The molecule has 0 spiro atoms. The van der Waals surface area contributed by atoms with Gasteiger partial charge in [-0.3, -0.25) is 4.99 Å². The molecule has 1 heterocycles. The molecule has 0 aliphatic rings. The van der Waals surface area contributed by atoms with Crippen molar-refractivity contribution in [2.24, 2.45) is 10.7 Å². The van der Waals surface area contributed by atoms with Crippen LogP contribution < -0.4 is 11.1 Å². The molecular weight excluding hydrogens is 296 g/mol. The number of nitrogens with two attached hydrogens (primary N) is 1. The number of rotatable bonds is 5. The summed E-state index contributed by atoms with van der Waals surface area (Å²) in [4.78, 5) is 7.75. The van der Waals surface area contributed by atoms with E-state index in [1.807, 2.05) is 12.1 Å². The van der Waals surface area contributed by atoms with Gasteiger partial charge >= 0.3 is 0 Å². The zero-order valence-electron chi connectivity index (χ0n) is 14.3. The van der Waals surface area contributed by atoms with Crippen LogP contribution in [-0.2, 0) is 12.8 Å². The second kappa shape index (κ2) is 7.21. The predicted octanol–water partition coefficient (Wildman–Crippen LogP) is 4.01. The van der Waals surface area contributed by atoms with Crippen molar-refractivity contribution in [2.75, 3.05) is 11.9 Å². The zero-order chi connectivity index (χ0) is 16.9. The number of hydrogen-bond donors (Lipinski definition) is 3. The van der Waals surface area contributed by atoms with E-state index in [1.54, 1.807) is 0 Å². The van der Waals surface area contributed by atoms with Crippen LogP contribution in [0.3, 0.4) is 0 Å². The normalized spacial score (nSPS) is 11.8. The van der Waals surface area contributed by atoms with Gasteiger partial charge in [-0.25, -0.2) is 0 Å². The number of aliphatic imine (C=N–C) groups is 1. The van der Waals surface area contributed by atoms with Gasteiger partial charge in [0.15, 0.2) is 5.96 Å². The van der Waals surface area contributed by atoms with Crippen LogP contribution in [0.1, 0.15) is 23.6 Å². The molecule has 3 aromatic rings. The van der Waals surface area contributed by atoms with E-state index in [1.165, 1.54) is 27.6 Å². The van der Waals surface area contributed by atoms with Crippen molar-refractivity contribution < 1.29 is 0 Å². The maximum atomic E-state index is 5.98. The first-order chi connectivity index (χ1) is 11.7. The third-order valence-corrected chi connectivity index (χ3v) is 4.22. The SMILES string of the molecule is CCc1ccc(NC(N)=NCCc2c[nH]c3cc(C)ccc23)cc1. The molecule has 4 N–H and O–H groups in total. The van der Waals surface area contributed by atoms with E-state index < -0.39 is 0 Å². The number of guanidine groups is 1. The molecule has 0 amide bonds. The van der Waals surface area contributed by atoms with E-state index >= 15 is 0 Å². The second-order valence-corrected chi connectivity index (χ2v) is 6.06. The highest BCUT2D eigenvalue weighted by Crippen LogP contribution is 2.19. The summed E-state index contributed by atoms with van der Waals surface area (Å²) in [5.41, 5.74) is 12.0. The lowest BCUT2D eigenvalue weighted by molar-refractivity contribution is 0.972. The molecule has 0 saturated carbocycles. The Morgan fingerprint density at radius 2 is 1.96 bits per heavy atom. The van der Waals surface area contributed by atoms with Crippen molar-refractivity contribution in [3.8, 4) is 0 Å². The lowest BCUT2D eigenvalue weighted by Gasteiger charge is -2.06. The topological polar surface area (TPSA) is 66.2 Å². The molecule has 4 nitrogen and oxygen atoms in total. The molecule has 4 heteroatoms. The number of aryl methyl sites for hydroxylation is 2. The molecular formula is C20H24N4. The minimum absolute atomic E-state index is 0.454. The van der Waals surface area contributed by atoms with Gasteiger partial charge in [0.1, 0.15) is 0 Å². The molecule has 124 valence electrons. The molecule has 2 aromatic carbocycles. The summed E-state index contributed by atoms with van der Waals surface area (Å²) in [7, 11) is 0. The maximum absolute atomic E-state index is 5.98. The molecule has 0 bridgehead atoms. The van der Waals surface area contributed by atoms with Crippen molar-refractivity contribution >= 4 is 22.5 Å². The Kier molecular flexibility index (Phi) is 4.85. The highest BCUT2D eigenvalue weighted by molar-refractivity contribution is 5.92. The Labute approximate surface area is 142 Å². The smallest absolute Gasteiger partial charge is 0.193 e. The van der Waals surface area contributed by atoms with Crippen LogP contribution >= 0.6 is 0 Å². The van der Waals surface area contributed by atoms with Crippen molar-refractivity contribution in [1.82, 2.24) is 4.98 Å². The first-order valence-corrected chi connectivity index (χ1v) is 8.38. The summed E-state index contributed by atoms with van der Waals surface area (Å²) in [6.45, 7) is 4.90. The maximum Gasteiger partial charge on any atom is 0.193 e. The van der Waals surface area contributed by atoms with Gasteiger partial charge in [-0.1, -0.05) is 31.2 Å². The highest BCUT2D eigenvalue weighted by Gasteiger charge is 2.03. The molecule has 0 atom stereocenters. The molecule has 3 rings (SSSR count). The molecule has 1 aromatic heterocycles. The Hall–Kier alpha value is -2.75. The average molecular weight is 320 g/mol. The van der Waals surface area contributed by atoms with Gasteiger partial charge in [-0.05, 0) is 54.7 Å². The minimum Gasteiger partial charge on any atom is -0.370 e. The lowest BCUT2D eigenvalue weighted by Crippen LogP contribution is -2.23. The Bertz CT molecular complexity index is 844. The van der Waals surface area contributed by atoms with Gasteiger partial charge in [0, 0.05) is 29.3 Å². The van der Waals surface area contributed by atoms with Crippen LogP contribution in [0, 0.1) is 6.92 Å². The van der Waals surface area contributed by atoms with Gasteiger partial charge in [0.2, 0.25) is 0 Å². The number of H-pyrrole nitrogens is 1. The van der Waals surface area contributed by atoms with Gasteiger partial charge in [-0.2, -0.15) is 0 Å². The third kappa shape index (κ3) is 3.77. The molecule has 0 aliphatic carbocycles. The largest absolute Gasteiger partial charge is 0.370 e. The Balaban J connectivity index is 1.60. The van der Waals surface area contributed by atoms with E-state index in [2.05, 4.69) is 65.7 Å². The predicted molar refractivity (Wildman–Crippen MR) is 103 cm³/mol. The summed E-state index contributed by atoms with van der Waals surface area (Å²) < 4.78 is 0. The molecule has 24 heavy (non-hydrogen) atoms. The van der Waals surface area contributed by atoms with Crippen LogP contribution in [0.25, 0.3) is 10.9 Å². The first kappa shape index (κ1) is 16.1. The summed E-state index contributed by atoms with van der Waals surface area (Å²) in [5, 5.41) is 4.40. The summed E-state index contributed by atoms with van der Waals surface area (Å²) in [6, 6.07) is 14.7. The number of aromatic amines is 1. The van der Waals surface area contributed by atoms with E-state index in [9.17, 15) is 0 Å². The van der Waals surface area contributed by atoms with E-state index in [4.69, 9.17) is 5.73 Å². The number of hydrogen-bond acceptors (Lipinski definition) is 1. The third-order valence-electron chi connectivity index (χ3n) is 4.22. The zero-order valence-corrected chi connectivity index (χ0v) is 14.3. The van der Waals surface area contributed by atoms with Crippen molar-refractivity contribution in [2.45, 2.75) is 26.7 Å². The van der Waals surface area contributed by atoms with Crippen LogP contribution in [-0.4, -0.2) is 17.5 Å². The fourth-order valence-electron chi connectivity index (χ4n) is 2.81. The van der Waals surface area contributed by atoms with Crippen molar-refractivity contribution in [3.63, 3.8) is 0 Å². The molecule has 0 aliphatic heterocycles. The van der Waals surface area contributed by atoms with E-state index in [0.29, 0.717) is 12.5 Å². The molecule has 0 unspecified atom stereocenters. The summed E-state index contributed by atoms with van der Waals surface area (Å²) >= 11 is 0. The fraction of sp³-hybridized carbons (Fsp3) is 0.250. The van der Waals surface area contributed by atoms with Crippen molar-refractivity contribution in [3.05, 3.63) is 65.4 Å². The van der Waals surface area contributed by atoms with E-state index in [-0.39, 0.29) is 0 Å². The highest BCUT2D eigenvalue weighted by atomic mass is 15.1. The standard InChI is InChI=1S/C20H24N4/c1-3-15-5-7-17(8-6-15)24-20(21)22-11-10-16-13-23-19-12-14(2)4-9-18(16)19/h4-9,12-13,23H,3,10-11H2,1-2H3,(H3,21,22,24). The number of nitrogens with zero attached hydrogens (tertiary/aromatic N) is 1. The number of benzene rings is 2. The fourth-order valence-corrected chi connectivity index (χ4v) is 2.81. The summed E-state index contributed by atoms with van der Waals surface area (Å²) in [6.07, 6.45) is 3.96. The van der Waals surface area contributed by atoms with Crippen LogP contribution in [0.15, 0.2) is 53.7 Å². The molecule has 0 fully saturated rings. The van der Waals surface area contributed by atoms with Crippen LogP contribution in [0.4, 0.5) is 5.69 Å². The van der Waals surface area contributed by atoms with E-state index in [0.717, 1.165) is 18.5 Å². The monoisotopic (exact) mass is 320 g/mol. The number of fused-ring (bicyclic) bond motifs is 1. The van der Waals surface area contributed by atoms with Crippen LogP contribution in [0.2, 0.25) is 0 Å². The first-order valence-electron chi connectivity index (χ1n) is 8.38. The van der Waals surface area contributed by atoms with Gasteiger partial charge in [0.05, 0.1) is 0 Å². The minimum atomic E-state index is 0.454. The van der Waals surface area contributed by atoms with Gasteiger partial charge < -0.3 is 16.0 Å². The number of aromatic nitrogens is 1. The molecule has 0 saturated heterocycles. The van der Waals surface area contributed by atoms with Crippen molar-refractivity contribution in [1.29, 1.82) is 0 Å². The van der Waals surface area contributed by atoms with Gasteiger partial charge in [0.25, 0.3) is 0 Å². The number of nitrogens with one attached hydrogen (secondary N) is 2. The van der Waals surface area contributed by atoms with Gasteiger partial charge in [-0.15, -0.1) is 0 Å². The Morgan fingerprint density at radius 3 is 2.71 bits per heavy atom. The summed E-state index contributed by atoms with van der Waals surface area (Å²) in [5.74, 6) is 0.454. The van der Waals surface area contributed by atoms with Crippen LogP contribution in [0.5, 0.6) is 0 Å². The lowest BCUT2D eigenvalue weighted by atomic mass is 10.1. The molecule has 0 radical (unpaired) electrons. The second-order valence-electron chi connectivity index (χ2n) is 6.06. The number of anilines is 1. The quantitative estimate of drug-likeness (QED) is 0.491. The Morgan fingerprint density at radius 1 is 1.17 bits per heavy atom. The average Bonchev–Trinajstić information content (AvgIpc) is 2.97.